The van der Waals surface area contributed by atoms with Gasteiger partial charge in [0, 0.05) is 0 Å². The zero-order valence-electron chi connectivity index (χ0n) is 12.8. The largest absolute Gasteiger partial charge is 0.488 e. The maximum absolute atomic E-state index is 6.29. The Kier molecular flexibility index (Phi) is 4.26. The lowest BCUT2D eigenvalue weighted by Crippen LogP contribution is -2.33. The molecule has 0 heterocycles. The third-order valence-electron chi connectivity index (χ3n) is 4.32. The first kappa shape index (κ1) is 14.2. The smallest absolute Gasteiger partial charge is 0.119 e. The molecule has 0 radical (unpaired) electrons. The molecule has 2 unspecified atom stereocenters. The van der Waals surface area contributed by atoms with E-state index in [1.54, 1.807) is 0 Å². The zero-order chi connectivity index (χ0) is 14.7. The molecule has 0 aromatic heterocycles. The molecule has 0 saturated heterocycles. The molecule has 110 valence electrons. The highest BCUT2D eigenvalue weighted by molar-refractivity contribution is 5.33. The Morgan fingerprint density at radius 1 is 1.05 bits per heavy atom. The van der Waals surface area contributed by atoms with Gasteiger partial charge in [0.05, 0.1) is 6.04 Å². The van der Waals surface area contributed by atoms with Crippen LogP contribution in [-0.2, 0) is 6.42 Å². The molecule has 3 rings (SSSR count). The van der Waals surface area contributed by atoms with Crippen LogP contribution in [0.4, 0.5) is 0 Å². The summed E-state index contributed by atoms with van der Waals surface area (Å²) in [6.45, 7) is 2.10. The van der Waals surface area contributed by atoms with Crippen molar-refractivity contribution < 1.29 is 4.74 Å². The summed E-state index contributed by atoms with van der Waals surface area (Å²) < 4.78 is 6.29. The topological polar surface area (TPSA) is 21.3 Å². The van der Waals surface area contributed by atoms with Gasteiger partial charge in [-0.1, -0.05) is 42.0 Å². The van der Waals surface area contributed by atoms with Crippen molar-refractivity contribution in [3.63, 3.8) is 0 Å². The molecule has 2 nitrogen and oxygen atoms in total. The summed E-state index contributed by atoms with van der Waals surface area (Å²) in [4.78, 5) is 0. The molecule has 2 aromatic rings. The molecule has 1 aliphatic rings. The molecule has 1 aliphatic carbocycles. The maximum atomic E-state index is 6.29. The number of nitrogens with one attached hydrogen (secondary N) is 1. The Labute approximate surface area is 127 Å². The number of aryl methyl sites for hydroxylation is 2. The second kappa shape index (κ2) is 6.31. The van der Waals surface area contributed by atoms with Crippen LogP contribution in [0.15, 0.2) is 48.5 Å². The number of rotatable bonds is 3. The van der Waals surface area contributed by atoms with E-state index in [9.17, 15) is 0 Å². The van der Waals surface area contributed by atoms with Crippen LogP contribution in [0.1, 0.15) is 35.6 Å². The van der Waals surface area contributed by atoms with E-state index in [0.29, 0.717) is 0 Å². The first-order chi connectivity index (χ1) is 10.3. The van der Waals surface area contributed by atoms with Crippen molar-refractivity contribution in [2.24, 2.45) is 0 Å². The molecule has 0 fully saturated rings. The van der Waals surface area contributed by atoms with Gasteiger partial charge in [0.15, 0.2) is 0 Å². The van der Waals surface area contributed by atoms with Crippen molar-refractivity contribution in [1.29, 1.82) is 0 Å². The number of fused-ring (bicyclic) bond motifs is 1. The average Bonchev–Trinajstić information content (AvgIpc) is 2.68. The van der Waals surface area contributed by atoms with Crippen LogP contribution in [0.25, 0.3) is 0 Å². The summed E-state index contributed by atoms with van der Waals surface area (Å²) in [5.74, 6) is 0.963. The van der Waals surface area contributed by atoms with Gasteiger partial charge in [-0.15, -0.1) is 0 Å². The Balaban J connectivity index is 1.86. The molecule has 21 heavy (non-hydrogen) atoms. The highest BCUT2D eigenvalue weighted by Gasteiger charge is 2.27. The minimum absolute atomic E-state index is 0.182. The van der Waals surface area contributed by atoms with Crippen LogP contribution in [0, 0.1) is 6.92 Å². The summed E-state index contributed by atoms with van der Waals surface area (Å²) in [5, 5.41) is 3.46. The van der Waals surface area contributed by atoms with Crippen LogP contribution in [0.5, 0.6) is 5.75 Å². The van der Waals surface area contributed by atoms with E-state index in [1.807, 2.05) is 7.05 Å². The van der Waals surface area contributed by atoms with E-state index in [0.717, 1.165) is 18.6 Å². The van der Waals surface area contributed by atoms with Crippen molar-refractivity contribution in [1.82, 2.24) is 5.32 Å². The van der Waals surface area contributed by atoms with Crippen molar-refractivity contribution in [2.45, 2.75) is 38.3 Å². The first-order valence-corrected chi connectivity index (χ1v) is 7.76. The molecular formula is C19H23NO. The second-order valence-electron chi connectivity index (χ2n) is 5.83. The molecule has 0 saturated carbocycles. The Hall–Kier alpha value is -1.80. The summed E-state index contributed by atoms with van der Waals surface area (Å²) in [7, 11) is 2.03. The molecule has 0 bridgehead atoms. The maximum Gasteiger partial charge on any atom is 0.119 e. The van der Waals surface area contributed by atoms with Crippen molar-refractivity contribution in [3.05, 3.63) is 65.2 Å². The second-order valence-corrected chi connectivity index (χ2v) is 5.83. The summed E-state index contributed by atoms with van der Waals surface area (Å²) >= 11 is 0. The number of ether oxygens (including phenoxy) is 1. The number of benzene rings is 2. The van der Waals surface area contributed by atoms with Gasteiger partial charge in [0.25, 0.3) is 0 Å². The number of likely N-dealkylation sites (N-methyl/N-ethyl adjacent to an activating group) is 1. The van der Waals surface area contributed by atoms with Crippen molar-refractivity contribution in [2.75, 3.05) is 7.05 Å². The van der Waals surface area contributed by atoms with Crippen LogP contribution < -0.4 is 10.1 Å². The first-order valence-electron chi connectivity index (χ1n) is 7.76. The fourth-order valence-corrected chi connectivity index (χ4v) is 3.19. The minimum Gasteiger partial charge on any atom is -0.488 e. The van der Waals surface area contributed by atoms with E-state index in [1.165, 1.54) is 23.1 Å². The lowest BCUT2D eigenvalue weighted by molar-refractivity contribution is 0.148. The van der Waals surface area contributed by atoms with Gasteiger partial charge in [-0.3, -0.25) is 0 Å². The predicted octanol–water partition coefficient (Wildman–Crippen LogP) is 4.04. The molecule has 1 N–H and O–H groups in total. The van der Waals surface area contributed by atoms with Crippen LogP contribution in [0.3, 0.4) is 0 Å². The molecule has 2 heteroatoms. The van der Waals surface area contributed by atoms with Crippen LogP contribution in [0.2, 0.25) is 0 Å². The van der Waals surface area contributed by atoms with E-state index in [-0.39, 0.29) is 12.1 Å². The predicted molar refractivity (Wildman–Crippen MR) is 86.8 cm³/mol. The molecule has 2 atom stereocenters. The van der Waals surface area contributed by atoms with Gasteiger partial charge in [-0.05, 0) is 56.5 Å². The number of hydrogen-bond acceptors (Lipinski definition) is 2. The van der Waals surface area contributed by atoms with Gasteiger partial charge >= 0.3 is 0 Å². The fourth-order valence-electron chi connectivity index (χ4n) is 3.19. The zero-order valence-corrected chi connectivity index (χ0v) is 12.8. The summed E-state index contributed by atoms with van der Waals surface area (Å²) in [6.07, 6.45) is 3.57. The lowest BCUT2D eigenvalue weighted by Gasteiger charge is -2.27. The monoisotopic (exact) mass is 281 g/mol. The van der Waals surface area contributed by atoms with Crippen LogP contribution >= 0.6 is 0 Å². The molecule has 0 amide bonds. The third-order valence-corrected chi connectivity index (χ3v) is 4.32. The molecule has 0 spiro atoms. The quantitative estimate of drug-likeness (QED) is 0.857. The third kappa shape index (κ3) is 3.11. The fraction of sp³-hybridized carbons (Fsp3) is 0.368. The SMILES string of the molecule is CNC1c2ccccc2CCCC1Oc1ccc(C)cc1. The van der Waals surface area contributed by atoms with Gasteiger partial charge in [0.2, 0.25) is 0 Å². The van der Waals surface area contributed by atoms with E-state index in [2.05, 4.69) is 60.8 Å². The molecule has 2 aromatic carbocycles. The van der Waals surface area contributed by atoms with Gasteiger partial charge in [-0.25, -0.2) is 0 Å². The Bertz CT molecular complexity index is 591. The average molecular weight is 281 g/mol. The van der Waals surface area contributed by atoms with E-state index in [4.69, 9.17) is 4.74 Å². The van der Waals surface area contributed by atoms with Crippen molar-refractivity contribution >= 4 is 0 Å². The van der Waals surface area contributed by atoms with Crippen molar-refractivity contribution in [3.8, 4) is 5.75 Å². The molecule has 0 aliphatic heterocycles. The van der Waals surface area contributed by atoms with E-state index >= 15 is 0 Å². The summed E-state index contributed by atoms with van der Waals surface area (Å²) in [5.41, 5.74) is 4.10. The van der Waals surface area contributed by atoms with Gasteiger partial charge in [0.1, 0.15) is 11.9 Å². The normalized spacial score (nSPS) is 21.4. The lowest BCUT2D eigenvalue weighted by atomic mass is 9.98. The van der Waals surface area contributed by atoms with Gasteiger partial charge < -0.3 is 10.1 Å². The van der Waals surface area contributed by atoms with Crippen LogP contribution in [-0.4, -0.2) is 13.2 Å². The highest BCUT2D eigenvalue weighted by atomic mass is 16.5. The Morgan fingerprint density at radius 2 is 1.81 bits per heavy atom. The van der Waals surface area contributed by atoms with E-state index < -0.39 is 0 Å². The highest BCUT2D eigenvalue weighted by Crippen LogP contribution is 2.31. The standard InChI is InChI=1S/C19H23NO/c1-14-10-12-16(13-11-14)21-18-9-5-7-15-6-3-4-8-17(15)19(18)20-2/h3-4,6,8,10-13,18-20H,5,7,9H2,1-2H3. The Morgan fingerprint density at radius 3 is 2.57 bits per heavy atom. The van der Waals surface area contributed by atoms with Gasteiger partial charge in [-0.2, -0.15) is 0 Å². The number of hydrogen-bond donors (Lipinski definition) is 1. The molecular weight excluding hydrogens is 258 g/mol. The minimum atomic E-state index is 0.182. The summed E-state index contributed by atoms with van der Waals surface area (Å²) in [6, 6.07) is 17.3.